The zero-order valence-electron chi connectivity index (χ0n) is 18.8. The highest BCUT2D eigenvalue weighted by atomic mass is 19.1. The molecule has 4 aromatic rings. The highest BCUT2D eigenvalue weighted by Crippen LogP contribution is 2.30. The van der Waals surface area contributed by atoms with Gasteiger partial charge in [0.15, 0.2) is 0 Å². The molecule has 0 saturated heterocycles. The quantitative estimate of drug-likeness (QED) is 0.395. The number of benzene rings is 2. The van der Waals surface area contributed by atoms with E-state index < -0.39 is 0 Å². The van der Waals surface area contributed by atoms with Crippen molar-refractivity contribution in [2.75, 3.05) is 12.4 Å². The highest BCUT2D eigenvalue weighted by Gasteiger charge is 2.33. The smallest absolute Gasteiger partial charge is 0.261 e. The van der Waals surface area contributed by atoms with E-state index in [1.54, 1.807) is 30.5 Å². The first-order valence-electron chi connectivity index (χ1n) is 10.8. The Hall–Kier alpha value is -4.27. The van der Waals surface area contributed by atoms with Gasteiger partial charge in [0.25, 0.3) is 17.4 Å². The molecule has 5 rings (SSSR count). The summed E-state index contributed by atoms with van der Waals surface area (Å²) in [7, 11) is 1.44. The number of carbonyl (C=O) groups excluding carboxylic acids is 2. The van der Waals surface area contributed by atoms with Crippen LogP contribution in [0, 0.1) is 12.7 Å². The molecule has 2 aromatic heterocycles. The fraction of sp³-hybridized carbons (Fsp3) is 0.200. The minimum atomic E-state index is -0.382. The van der Waals surface area contributed by atoms with Crippen molar-refractivity contribution in [3.63, 3.8) is 0 Å². The van der Waals surface area contributed by atoms with Crippen LogP contribution in [0.1, 0.15) is 38.8 Å². The Kier molecular flexibility index (Phi) is 5.04. The first-order chi connectivity index (χ1) is 16.2. The molecule has 172 valence electrons. The lowest BCUT2D eigenvalue weighted by atomic mass is 10.0. The molecule has 0 saturated carbocycles. The lowest BCUT2D eigenvalue weighted by molar-refractivity contribution is 0.0693. The predicted octanol–water partition coefficient (Wildman–Crippen LogP) is 3.63. The molecule has 1 aliphatic heterocycles. The molecule has 3 heterocycles. The Morgan fingerprint density at radius 3 is 2.59 bits per heavy atom. The van der Waals surface area contributed by atoms with E-state index in [1.165, 1.54) is 19.2 Å². The summed E-state index contributed by atoms with van der Waals surface area (Å²) in [6, 6.07) is 9.47. The van der Waals surface area contributed by atoms with E-state index in [-0.39, 0.29) is 34.8 Å². The van der Waals surface area contributed by atoms with E-state index in [4.69, 9.17) is 0 Å². The SMILES string of the molecule is Cc1ccc(F)cc1CC(C)Nc1cc[nH]c(=O)c1-c1nc2cc3c(cc2[nH]1)C(=O)N(C)C3=O. The third-order valence-corrected chi connectivity index (χ3v) is 6.13. The van der Waals surface area contributed by atoms with E-state index in [0.717, 1.165) is 16.0 Å². The van der Waals surface area contributed by atoms with Gasteiger partial charge in [-0.2, -0.15) is 0 Å². The number of H-pyrrole nitrogens is 2. The van der Waals surface area contributed by atoms with Gasteiger partial charge >= 0.3 is 0 Å². The van der Waals surface area contributed by atoms with Gasteiger partial charge in [0, 0.05) is 19.3 Å². The van der Waals surface area contributed by atoms with Gasteiger partial charge in [-0.15, -0.1) is 0 Å². The van der Waals surface area contributed by atoms with E-state index >= 15 is 0 Å². The number of pyridine rings is 1. The average molecular weight is 459 g/mol. The molecule has 0 aliphatic carbocycles. The van der Waals surface area contributed by atoms with Crippen molar-refractivity contribution in [3.05, 3.63) is 81.0 Å². The summed E-state index contributed by atoms with van der Waals surface area (Å²) in [4.78, 5) is 48.8. The number of hydrogen-bond acceptors (Lipinski definition) is 5. The first-order valence-corrected chi connectivity index (χ1v) is 10.8. The summed E-state index contributed by atoms with van der Waals surface area (Å²) in [5, 5.41) is 3.34. The molecule has 1 atom stereocenters. The molecule has 0 spiro atoms. The van der Waals surface area contributed by atoms with Crippen LogP contribution in [-0.4, -0.2) is 44.8 Å². The molecular formula is C25H22FN5O3. The van der Waals surface area contributed by atoms with Gasteiger partial charge in [-0.3, -0.25) is 19.3 Å². The monoisotopic (exact) mass is 459 g/mol. The van der Waals surface area contributed by atoms with Gasteiger partial charge in [0.05, 0.1) is 27.8 Å². The van der Waals surface area contributed by atoms with Crippen LogP contribution in [0.4, 0.5) is 10.1 Å². The van der Waals surface area contributed by atoms with Crippen molar-refractivity contribution in [1.82, 2.24) is 19.9 Å². The molecule has 34 heavy (non-hydrogen) atoms. The standard InChI is InChI=1S/C25H22FN5O3/c1-12-4-5-15(26)9-14(12)8-13(2)28-18-6-7-27-23(32)21(18)22-29-19-10-16-17(11-20(19)30-22)25(34)31(3)24(16)33/h4-7,9-11,13H,8H2,1-3H3,(H,29,30)(H2,27,28,32). The largest absolute Gasteiger partial charge is 0.381 e. The maximum atomic E-state index is 13.7. The number of anilines is 1. The second-order valence-electron chi connectivity index (χ2n) is 8.59. The number of imide groups is 1. The average Bonchev–Trinajstić information content (AvgIpc) is 3.29. The molecule has 0 radical (unpaired) electrons. The number of fused-ring (bicyclic) bond motifs is 2. The van der Waals surface area contributed by atoms with Crippen LogP contribution >= 0.6 is 0 Å². The molecule has 0 bridgehead atoms. The molecule has 9 heteroatoms. The van der Waals surface area contributed by atoms with Crippen molar-refractivity contribution < 1.29 is 14.0 Å². The molecule has 3 N–H and O–H groups in total. The summed E-state index contributed by atoms with van der Waals surface area (Å²) < 4.78 is 13.7. The zero-order chi connectivity index (χ0) is 24.1. The molecule has 2 aromatic carbocycles. The van der Waals surface area contributed by atoms with E-state index in [9.17, 15) is 18.8 Å². The molecule has 2 amide bonds. The van der Waals surface area contributed by atoms with E-state index in [2.05, 4.69) is 20.3 Å². The number of aromatic amines is 2. The van der Waals surface area contributed by atoms with Gasteiger partial charge in [0.1, 0.15) is 17.2 Å². The number of halogens is 1. The Labute approximate surface area is 193 Å². The number of amides is 2. The van der Waals surface area contributed by atoms with Gasteiger partial charge < -0.3 is 15.3 Å². The van der Waals surface area contributed by atoms with Crippen molar-refractivity contribution >= 4 is 28.5 Å². The number of carbonyl (C=O) groups is 2. The highest BCUT2D eigenvalue weighted by molar-refractivity contribution is 6.22. The lowest BCUT2D eigenvalue weighted by Gasteiger charge is -2.18. The Bertz CT molecular complexity index is 1480. The second kappa shape index (κ2) is 7.95. The van der Waals surface area contributed by atoms with Crippen LogP contribution in [0.3, 0.4) is 0 Å². The molecule has 1 aliphatic rings. The van der Waals surface area contributed by atoms with E-state index in [0.29, 0.717) is 40.1 Å². The third-order valence-electron chi connectivity index (χ3n) is 6.13. The van der Waals surface area contributed by atoms with Crippen LogP contribution in [0.15, 0.2) is 47.4 Å². The second-order valence-corrected chi connectivity index (χ2v) is 8.59. The Morgan fingerprint density at radius 2 is 1.82 bits per heavy atom. The van der Waals surface area contributed by atoms with Gasteiger partial charge in [-0.25, -0.2) is 9.37 Å². The number of rotatable bonds is 5. The van der Waals surface area contributed by atoms with Crippen molar-refractivity contribution in [2.24, 2.45) is 0 Å². The van der Waals surface area contributed by atoms with Crippen molar-refractivity contribution in [3.8, 4) is 11.4 Å². The summed E-state index contributed by atoms with van der Waals surface area (Å²) >= 11 is 0. The molecule has 0 fully saturated rings. The van der Waals surface area contributed by atoms with Crippen LogP contribution in [0.25, 0.3) is 22.4 Å². The minimum Gasteiger partial charge on any atom is -0.381 e. The summed E-state index contributed by atoms with van der Waals surface area (Å²) in [5.74, 6) is -0.736. The van der Waals surface area contributed by atoms with Crippen LogP contribution < -0.4 is 10.9 Å². The fourth-order valence-corrected chi connectivity index (χ4v) is 4.32. The van der Waals surface area contributed by atoms with Crippen LogP contribution in [-0.2, 0) is 6.42 Å². The zero-order valence-corrected chi connectivity index (χ0v) is 18.8. The lowest BCUT2D eigenvalue weighted by Crippen LogP contribution is -2.24. The maximum Gasteiger partial charge on any atom is 0.261 e. The summed E-state index contributed by atoms with van der Waals surface area (Å²) in [6.07, 6.45) is 2.10. The summed E-state index contributed by atoms with van der Waals surface area (Å²) in [6.45, 7) is 3.88. The molecule has 8 nitrogen and oxygen atoms in total. The Morgan fingerprint density at radius 1 is 1.09 bits per heavy atom. The van der Waals surface area contributed by atoms with Gasteiger partial charge in [-0.1, -0.05) is 6.07 Å². The van der Waals surface area contributed by atoms with Crippen molar-refractivity contribution in [1.29, 1.82) is 0 Å². The summed E-state index contributed by atoms with van der Waals surface area (Å²) in [5.41, 5.74) is 3.99. The minimum absolute atomic E-state index is 0.111. The van der Waals surface area contributed by atoms with Gasteiger partial charge in [-0.05, 0) is 61.7 Å². The topological polar surface area (TPSA) is 111 Å². The number of hydrogen-bond donors (Lipinski definition) is 3. The Balaban J connectivity index is 1.50. The van der Waals surface area contributed by atoms with Gasteiger partial charge in [0.2, 0.25) is 0 Å². The number of nitrogens with one attached hydrogen (secondary N) is 3. The maximum absolute atomic E-state index is 13.7. The number of nitrogens with zero attached hydrogens (tertiary/aromatic N) is 2. The number of aromatic nitrogens is 3. The normalized spacial score (nSPS) is 14.1. The number of aryl methyl sites for hydroxylation is 1. The van der Waals surface area contributed by atoms with Crippen molar-refractivity contribution in [2.45, 2.75) is 26.3 Å². The van der Waals surface area contributed by atoms with Crippen LogP contribution in [0.5, 0.6) is 0 Å². The van der Waals surface area contributed by atoms with Crippen LogP contribution in [0.2, 0.25) is 0 Å². The predicted molar refractivity (Wildman–Crippen MR) is 127 cm³/mol. The van der Waals surface area contributed by atoms with E-state index in [1.807, 2.05) is 13.8 Å². The third kappa shape index (κ3) is 3.55. The first kappa shape index (κ1) is 21.6. The molecular weight excluding hydrogens is 437 g/mol. The fourth-order valence-electron chi connectivity index (χ4n) is 4.32. The number of imidazole rings is 1. The molecule has 1 unspecified atom stereocenters.